The van der Waals surface area contributed by atoms with Crippen molar-refractivity contribution in [1.29, 1.82) is 0 Å². The summed E-state index contributed by atoms with van der Waals surface area (Å²) in [6.07, 6.45) is 16.1. The molecular formula is C26H45N5O. The highest BCUT2D eigenvalue weighted by Gasteiger charge is 2.41. The van der Waals surface area contributed by atoms with Gasteiger partial charge in [-0.3, -0.25) is 4.90 Å². The molecule has 0 aromatic carbocycles. The molecule has 0 spiro atoms. The third kappa shape index (κ3) is 6.98. The van der Waals surface area contributed by atoms with Crippen molar-refractivity contribution in [3.63, 3.8) is 0 Å². The highest BCUT2D eigenvalue weighted by atomic mass is 16.1. The van der Waals surface area contributed by atoms with Crippen LogP contribution in [0.25, 0.3) is 0 Å². The van der Waals surface area contributed by atoms with Crippen LogP contribution in [0.15, 0.2) is 12.4 Å². The van der Waals surface area contributed by atoms with Crippen LogP contribution in [-0.4, -0.2) is 65.5 Å². The topological polar surface area (TPSA) is 61.4 Å². The molecule has 4 heterocycles. The van der Waals surface area contributed by atoms with E-state index < -0.39 is 0 Å². The van der Waals surface area contributed by atoms with Crippen molar-refractivity contribution >= 4 is 12.2 Å². The molecule has 3 saturated heterocycles. The van der Waals surface area contributed by atoms with E-state index >= 15 is 0 Å². The molecule has 2 bridgehead atoms. The number of likely N-dealkylation sites (tertiary alicyclic amines) is 1. The summed E-state index contributed by atoms with van der Waals surface area (Å²) >= 11 is 0. The number of nitrogens with one attached hydrogen (secondary N) is 1. The van der Waals surface area contributed by atoms with Crippen LogP contribution in [0.1, 0.15) is 90.5 Å². The van der Waals surface area contributed by atoms with Gasteiger partial charge in [-0.05, 0) is 64.1 Å². The first-order valence-electron chi connectivity index (χ1n) is 13.0. The number of rotatable bonds is 4. The Labute approximate surface area is 195 Å². The average molecular weight is 444 g/mol. The van der Waals surface area contributed by atoms with E-state index in [0.717, 1.165) is 38.4 Å². The van der Waals surface area contributed by atoms with Gasteiger partial charge in [-0.1, -0.05) is 39.5 Å². The van der Waals surface area contributed by atoms with E-state index in [0.29, 0.717) is 24.0 Å². The zero-order valence-corrected chi connectivity index (χ0v) is 20.8. The van der Waals surface area contributed by atoms with E-state index in [4.69, 9.17) is 9.97 Å². The van der Waals surface area contributed by atoms with E-state index in [9.17, 15) is 4.79 Å². The number of anilines is 1. The van der Waals surface area contributed by atoms with Gasteiger partial charge in [0.05, 0.1) is 0 Å². The zero-order chi connectivity index (χ0) is 22.9. The Bertz CT molecular complexity index is 649. The molecule has 1 saturated carbocycles. The Morgan fingerprint density at radius 3 is 1.81 bits per heavy atom. The number of carbonyl (C=O) groups is 1. The van der Waals surface area contributed by atoms with Gasteiger partial charge in [0, 0.05) is 49.5 Å². The molecule has 3 aliphatic heterocycles. The minimum atomic E-state index is 0.204. The van der Waals surface area contributed by atoms with Crippen molar-refractivity contribution in [2.75, 3.05) is 31.1 Å². The zero-order valence-electron chi connectivity index (χ0n) is 20.8. The summed E-state index contributed by atoms with van der Waals surface area (Å²) in [6.45, 7) is 12.9. The Kier molecular flexibility index (Phi) is 9.92. The summed E-state index contributed by atoms with van der Waals surface area (Å²) in [7, 11) is 0. The summed E-state index contributed by atoms with van der Waals surface area (Å²) in [5, 5.41) is 3.43. The Hall–Kier alpha value is -1.53. The molecule has 6 heteroatoms. The van der Waals surface area contributed by atoms with Crippen LogP contribution in [0.5, 0.6) is 0 Å². The van der Waals surface area contributed by atoms with Gasteiger partial charge in [0.2, 0.25) is 5.95 Å². The summed E-state index contributed by atoms with van der Waals surface area (Å²) in [6, 6.07) is 1.84. The van der Waals surface area contributed by atoms with Crippen LogP contribution in [0.4, 0.5) is 5.95 Å². The fourth-order valence-electron chi connectivity index (χ4n) is 4.76. The number of fused-ring (bicyclic) bond motifs is 2. The van der Waals surface area contributed by atoms with Gasteiger partial charge in [-0.2, -0.15) is 0 Å². The first-order valence-corrected chi connectivity index (χ1v) is 13.0. The molecule has 1 aromatic heterocycles. The molecule has 1 aromatic rings. The number of carbonyl (C=O) groups excluding carboxylic acids is 1. The number of aldehydes is 1. The average Bonchev–Trinajstić information content (AvgIpc) is 3.02. The maximum absolute atomic E-state index is 9.50. The number of hydrogen-bond acceptors (Lipinski definition) is 6. The number of piperazine rings is 1. The van der Waals surface area contributed by atoms with Gasteiger partial charge in [-0.15, -0.1) is 0 Å². The molecular weight excluding hydrogens is 398 g/mol. The van der Waals surface area contributed by atoms with Crippen molar-refractivity contribution in [2.24, 2.45) is 5.92 Å². The molecule has 6 nitrogen and oxygen atoms in total. The van der Waals surface area contributed by atoms with Crippen LogP contribution >= 0.6 is 0 Å². The van der Waals surface area contributed by atoms with Crippen molar-refractivity contribution < 1.29 is 4.79 Å². The van der Waals surface area contributed by atoms with Crippen molar-refractivity contribution in [3.05, 3.63) is 18.0 Å². The quantitative estimate of drug-likeness (QED) is 0.696. The van der Waals surface area contributed by atoms with E-state index in [1.165, 1.54) is 56.9 Å². The number of piperidine rings is 1. The van der Waals surface area contributed by atoms with Crippen molar-refractivity contribution in [2.45, 2.75) is 103 Å². The van der Waals surface area contributed by atoms with E-state index in [-0.39, 0.29) is 5.92 Å². The minimum Gasteiger partial charge on any atom is -0.332 e. The van der Waals surface area contributed by atoms with Gasteiger partial charge in [0.1, 0.15) is 6.29 Å². The second kappa shape index (κ2) is 12.6. The van der Waals surface area contributed by atoms with Gasteiger partial charge in [0.25, 0.3) is 0 Å². The number of hydrogen-bond donors (Lipinski definition) is 1. The maximum atomic E-state index is 9.50. The van der Waals surface area contributed by atoms with Crippen LogP contribution in [0, 0.1) is 5.92 Å². The lowest BCUT2D eigenvalue weighted by molar-refractivity contribution is -0.110. The highest BCUT2D eigenvalue weighted by molar-refractivity contribution is 5.51. The second-order valence-corrected chi connectivity index (χ2v) is 10.5. The van der Waals surface area contributed by atoms with E-state index in [1.807, 2.05) is 13.8 Å². The summed E-state index contributed by atoms with van der Waals surface area (Å²) in [5.74, 6) is 1.80. The Morgan fingerprint density at radius 2 is 1.41 bits per heavy atom. The van der Waals surface area contributed by atoms with Gasteiger partial charge in [0.15, 0.2) is 0 Å². The molecule has 4 aliphatic rings. The lowest BCUT2D eigenvalue weighted by atomic mass is 9.92. The third-order valence-electron chi connectivity index (χ3n) is 7.21. The standard InChI is InChI=1S/C18H29N5.C4H8O.C4H8/c1-13(2)22-11-16-3-4-17(12-22)23(16)18-20-9-15(10-21-18)14-5-7-19-8-6-14;1-4(2)3-5;1-2-4-3-1/h9-10,13-14,16-17,19H,3-8,11-12H2,1-2H3;3-4H,1-2H3;1-4H2. The van der Waals surface area contributed by atoms with Crippen LogP contribution in [-0.2, 0) is 4.79 Å². The summed E-state index contributed by atoms with van der Waals surface area (Å²) in [5.41, 5.74) is 1.32. The smallest absolute Gasteiger partial charge is 0.225 e. The molecule has 32 heavy (non-hydrogen) atoms. The molecule has 1 aliphatic carbocycles. The van der Waals surface area contributed by atoms with Gasteiger partial charge < -0.3 is 15.0 Å². The number of aromatic nitrogens is 2. The summed E-state index contributed by atoms with van der Waals surface area (Å²) < 4.78 is 0. The van der Waals surface area contributed by atoms with Crippen LogP contribution < -0.4 is 10.2 Å². The fraction of sp³-hybridized carbons (Fsp3) is 0.808. The molecule has 0 amide bonds. The molecule has 180 valence electrons. The largest absolute Gasteiger partial charge is 0.332 e. The SMILES string of the molecule is C1CCC1.CC(C)C=O.CC(C)N1CC2CCC(C1)N2c1ncc(C2CCNCC2)cn1. The minimum absolute atomic E-state index is 0.204. The first kappa shape index (κ1) is 25.1. The molecule has 5 rings (SSSR count). The molecule has 2 unspecified atom stereocenters. The second-order valence-electron chi connectivity index (χ2n) is 10.5. The predicted octanol–water partition coefficient (Wildman–Crippen LogP) is 4.41. The first-order chi connectivity index (χ1) is 15.5. The van der Waals surface area contributed by atoms with E-state index in [1.54, 1.807) is 0 Å². The monoisotopic (exact) mass is 443 g/mol. The predicted molar refractivity (Wildman–Crippen MR) is 132 cm³/mol. The summed E-state index contributed by atoms with van der Waals surface area (Å²) in [4.78, 5) is 24.2. The van der Waals surface area contributed by atoms with Gasteiger partial charge in [-0.25, -0.2) is 9.97 Å². The fourth-order valence-corrected chi connectivity index (χ4v) is 4.76. The molecule has 4 fully saturated rings. The Morgan fingerprint density at radius 1 is 0.906 bits per heavy atom. The van der Waals surface area contributed by atoms with Crippen LogP contribution in [0.2, 0.25) is 0 Å². The van der Waals surface area contributed by atoms with E-state index in [2.05, 4.69) is 41.4 Å². The highest BCUT2D eigenvalue weighted by Crippen LogP contribution is 2.34. The van der Waals surface area contributed by atoms with Gasteiger partial charge >= 0.3 is 0 Å². The lowest BCUT2D eigenvalue weighted by Gasteiger charge is -2.42. The van der Waals surface area contributed by atoms with Crippen LogP contribution in [0.3, 0.4) is 0 Å². The molecule has 0 radical (unpaired) electrons. The third-order valence-corrected chi connectivity index (χ3v) is 7.21. The molecule has 1 N–H and O–H groups in total. The lowest BCUT2D eigenvalue weighted by Crippen LogP contribution is -2.56. The molecule has 2 atom stereocenters. The Balaban J connectivity index is 0.000000270. The number of nitrogens with zero attached hydrogens (tertiary/aromatic N) is 4. The normalized spacial score (nSPS) is 25.5. The maximum Gasteiger partial charge on any atom is 0.225 e. The van der Waals surface area contributed by atoms with Crippen molar-refractivity contribution in [1.82, 2.24) is 20.2 Å². The van der Waals surface area contributed by atoms with Crippen molar-refractivity contribution in [3.8, 4) is 0 Å².